The number of anilines is 1. The predicted molar refractivity (Wildman–Crippen MR) is 61.9 cm³/mol. The molecule has 98 valence electrons. The smallest absolute Gasteiger partial charge is 0.478 e. The summed E-state index contributed by atoms with van der Waals surface area (Å²) in [7, 11) is 0. The topological polar surface area (TPSA) is 72.5 Å². The molecule has 0 saturated heterocycles. The summed E-state index contributed by atoms with van der Waals surface area (Å²) in [6.45, 7) is 0. The number of carboxylic acids is 1. The van der Waals surface area contributed by atoms with E-state index in [-0.39, 0.29) is 11.3 Å². The lowest BCUT2D eigenvalue weighted by Crippen LogP contribution is -2.18. The summed E-state index contributed by atoms with van der Waals surface area (Å²) in [5.41, 5.74) is 5.27. The number of halogens is 4. The van der Waals surface area contributed by atoms with Crippen LogP contribution in [0.25, 0.3) is 6.08 Å². The first kappa shape index (κ1) is 14.4. The molecular formula is C10H7BrF3NO3. The molecule has 1 aromatic carbocycles. The van der Waals surface area contributed by atoms with Crippen LogP contribution in [0.5, 0.6) is 5.75 Å². The van der Waals surface area contributed by atoms with Gasteiger partial charge in [0.25, 0.3) is 0 Å². The van der Waals surface area contributed by atoms with E-state index in [1.807, 2.05) is 0 Å². The SMILES string of the molecule is Nc1c(OC(F)(F)F)ccc(Br)c1/C=C/C(=O)O. The van der Waals surface area contributed by atoms with Gasteiger partial charge in [0.2, 0.25) is 0 Å². The molecular weight excluding hydrogens is 319 g/mol. The van der Waals surface area contributed by atoms with Crippen molar-refractivity contribution in [2.75, 3.05) is 5.73 Å². The summed E-state index contributed by atoms with van der Waals surface area (Å²) < 4.78 is 40.3. The highest BCUT2D eigenvalue weighted by atomic mass is 79.9. The number of carbonyl (C=O) groups is 1. The van der Waals surface area contributed by atoms with Crippen LogP contribution in [0, 0.1) is 0 Å². The zero-order valence-corrected chi connectivity index (χ0v) is 10.2. The van der Waals surface area contributed by atoms with Crippen LogP contribution in [-0.2, 0) is 4.79 Å². The minimum absolute atomic E-state index is 0.0964. The van der Waals surface area contributed by atoms with Crippen molar-refractivity contribution >= 4 is 33.7 Å². The zero-order chi connectivity index (χ0) is 13.9. The molecule has 0 amide bonds. The summed E-state index contributed by atoms with van der Waals surface area (Å²) in [5.74, 6) is -1.83. The fourth-order valence-electron chi connectivity index (χ4n) is 1.13. The fraction of sp³-hybridized carbons (Fsp3) is 0.100. The molecule has 0 aliphatic rings. The summed E-state index contributed by atoms with van der Waals surface area (Å²) in [6.07, 6.45) is -3.03. The van der Waals surface area contributed by atoms with Gasteiger partial charge >= 0.3 is 12.3 Å². The predicted octanol–water partition coefficient (Wildman–Crippen LogP) is 3.03. The number of nitrogen functional groups attached to an aromatic ring is 1. The molecule has 0 saturated carbocycles. The third kappa shape index (κ3) is 3.95. The first-order valence-corrected chi connectivity index (χ1v) is 5.24. The lowest BCUT2D eigenvalue weighted by atomic mass is 10.1. The number of carboxylic acid groups (broad SMARTS) is 1. The quantitative estimate of drug-likeness (QED) is 0.661. The minimum atomic E-state index is -4.87. The van der Waals surface area contributed by atoms with E-state index in [1.165, 1.54) is 6.07 Å². The second-order valence-electron chi connectivity index (χ2n) is 3.09. The largest absolute Gasteiger partial charge is 0.573 e. The van der Waals surface area contributed by atoms with Crippen molar-refractivity contribution in [3.8, 4) is 5.75 Å². The van der Waals surface area contributed by atoms with Crippen molar-refractivity contribution in [2.45, 2.75) is 6.36 Å². The second-order valence-corrected chi connectivity index (χ2v) is 3.95. The van der Waals surface area contributed by atoms with E-state index in [9.17, 15) is 18.0 Å². The van der Waals surface area contributed by atoms with Crippen molar-refractivity contribution in [3.05, 3.63) is 28.2 Å². The van der Waals surface area contributed by atoms with Crippen LogP contribution in [0.4, 0.5) is 18.9 Å². The molecule has 0 heterocycles. The Kier molecular flexibility index (Phi) is 4.23. The van der Waals surface area contributed by atoms with Crippen molar-refractivity contribution < 1.29 is 27.8 Å². The number of rotatable bonds is 3. The zero-order valence-electron chi connectivity index (χ0n) is 8.66. The van der Waals surface area contributed by atoms with E-state index >= 15 is 0 Å². The molecule has 1 aromatic rings. The lowest BCUT2D eigenvalue weighted by Gasteiger charge is -2.13. The Labute approximate surface area is 108 Å². The van der Waals surface area contributed by atoms with E-state index < -0.39 is 18.1 Å². The molecule has 0 spiro atoms. The van der Waals surface area contributed by atoms with Gasteiger partial charge in [0.05, 0.1) is 5.69 Å². The normalized spacial score (nSPS) is 11.8. The third-order valence-electron chi connectivity index (χ3n) is 1.81. The van der Waals surface area contributed by atoms with Gasteiger partial charge in [-0.25, -0.2) is 4.79 Å². The van der Waals surface area contributed by atoms with Crippen molar-refractivity contribution in [3.63, 3.8) is 0 Å². The van der Waals surface area contributed by atoms with Crippen LogP contribution in [0.3, 0.4) is 0 Å². The van der Waals surface area contributed by atoms with Crippen molar-refractivity contribution in [1.82, 2.24) is 0 Å². The van der Waals surface area contributed by atoms with Gasteiger partial charge in [-0.2, -0.15) is 0 Å². The van der Waals surface area contributed by atoms with Gasteiger partial charge in [0.15, 0.2) is 5.75 Å². The highest BCUT2D eigenvalue weighted by Gasteiger charge is 2.32. The second kappa shape index (κ2) is 5.30. The van der Waals surface area contributed by atoms with Gasteiger partial charge in [-0.15, -0.1) is 13.2 Å². The summed E-state index contributed by atoms with van der Waals surface area (Å²) in [6, 6.07) is 2.31. The van der Waals surface area contributed by atoms with Crippen LogP contribution >= 0.6 is 15.9 Å². The average molecular weight is 326 g/mol. The van der Waals surface area contributed by atoms with Gasteiger partial charge in [0, 0.05) is 16.1 Å². The summed E-state index contributed by atoms with van der Waals surface area (Å²) >= 11 is 3.05. The number of aliphatic carboxylic acids is 1. The van der Waals surface area contributed by atoms with Crippen LogP contribution in [0.2, 0.25) is 0 Å². The summed E-state index contributed by atoms with van der Waals surface area (Å²) in [4.78, 5) is 10.4. The molecule has 4 nitrogen and oxygen atoms in total. The van der Waals surface area contributed by atoms with Crippen LogP contribution in [-0.4, -0.2) is 17.4 Å². The van der Waals surface area contributed by atoms with E-state index in [0.717, 1.165) is 18.2 Å². The van der Waals surface area contributed by atoms with Crippen LogP contribution in [0.15, 0.2) is 22.7 Å². The fourth-order valence-corrected chi connectivity index (χ4v) is 1.61. The van der Waals surface area contributed by atoms with Gasteiger partial charge < -0.3 is 15.6 Å². The first-order valence-electron chi connectivity index (χ1n) is 4.45. The lowest BCUT2D eigenvalue weighted by molar-refractivity contribution is -0.274. The molecule has 0 radical (unpaired) electrons. The molecule has 8 heteroatoms. The van der Waals surface area contributed by atoms with Gasteiger partial charge in [-0.3, -0.25) is 0 Å². The Morgan fingerprint density at radius 2 is 2.06 bits per heavy atom. The standard InChI is InChI=1S/C10H7BrF3NO3/c11-6-2-3-7(18-10(12,13)14)9(15)5(6)1-4-8(16)17/h1-4H,15H2,(H,16,17)/b4-1+. The molecule has 3 N–H and O–H groups in total. The Morgan fingerprint density at radius 3 is 2.56 bits per heavy atom. The Balaban J connectivity index is 3.18. The Hall–Kier alpha value is -1.70. The van der Waals surface area contributed by atoms with Crippen molar-refractivity contribution in [2.24, 2.45) is 0 Å². The van der Waals surface area contributed by atoms with E-state index in [1.54, 1.807) is 0 Å². The minimum Gasteiger partial charge on any atom is -0.478 e. The molecule has 0 bridgehead atoms. The number of alkyl halides is 3. The first-order chi connectivity index (χ1) is 8.20. The van der Waals surface area contributed by atoms with E-state index in [2.05, 4.69) is 20.7 Å². The number of nitrogens with two attached hydrogens (primary N) is 1. The Bertz CT molecular complexity index is 500. The highest BCUT2D eigenvalue weighted by molar-refractivity contribution is 9.10. The van der Waals surface area contributed by atoms with Crippen LogP contribution in [0.1, 0.15) is 5.56 Å². The maximum Gasteiger partial charge on any atom is 0.573 e. The Morgan fingerprint density at radius 1 is 1.44 bits per heavy atom. The molecule has 0 aliphatic carbocycles. The molecule has 0 unspecified atom stereocenters. The van der Waals surface area contributed by atoms with E-state index in [0.29, 0.717) is 4.47 Å². The summed E-state index contributed by atoms with van der Waals surface area (Å²) in [5, 5.41) is 8.46. The molecule has 18 heavy (non-hydrogen) atoms. The van der Waals surface area contributed by atoms with Crippen LogP contribution < -0.4 is 10.5 Å². The van der Waals surface area contributed by atoms with Gasteiger partial charge in [-0.1, -0.05) is 15.9 Å². The number of benzene rings is 1. The molecule has 0 aliphatic heterocycles. The number of hydrogen-bond donors (Lipinski definition) is 2. The number of hydrogen-bond acceptors (Lipinski definition) is 3. The van der Waals surface area contributed by atoms with Gasteiger partial charge in [0.1, 0.15) is 0 Å². The molecule has 0 aromatic heterocycles. The highest BCUT2D eigenvalue weighted by Crippen LogP contribution is 2.35. The monoisotopic (exact) mass is 325 g/mol. The molecule has 0 fully saturated rings. The maximum absolute atomic E-state index is 12.1. The maximum atomic E-state index is 12.1. The number of ether oxygens (including phenoxy) is 1. The molecule has 1 rings (SSSR count). The van der Waals surface area contributed by atoms with Gasteiger partial charge in [-0.05, 0) is 18.2 Å². The average Bonchev–Trinajstić information content (AvgIpc) is 2.20. The third-order valence-corrected chi connectivity index (χ3v) is 2.50. The van der Waals surface area contributed by atoms with Crippen molar-refractivity contribution in [1.29, 1.82) is 0 Å². The molecule has 0 atom stereocenters. The van der Waals surface area contributed by atoms with E-state index in [4.69, 9.17) is 10.8 Å².